The maximum absolute atomic E-state index is 12.8. The summed E-state index contributed by atoms with van der Waals surface area (Å²) >= 11 is 1.02. The van der Waals surface area contributed by atoms with Gasteiger partial charge in [-0.05, 0) is 18.6 Å². The second kappa shape index (κ2) is 5.66. The minimum absolute atomic E-state index is 0.0419. The van der Waals surface area contributed by atoms with Crippen molar-refractivity contribution >= 4 is 11.8 Å². The van der Waals surface area contributed by atoms with Crippen molar-refractivity contribution in [2.75, 3.05) is 0 Å². The molecule has 0 aliphatic rings. The van der Waals surface area contributed by atoms with Crippen LogP contribution in [0.1, 0.15) is 16.8 Å². The highest BCUT2D eigenvalue weighted by molar-refractivity contribution is 7.98. The number of hydrogen-bond acceptors (Lipinski definition) is 5. The molecule has 0 saturated heterocycles. The van der Waals surface area contributed by atoms with Crippen molar-refractivity contribution in [2.24, 2.45) is 0 Å². The van der Waals surface area contributed by atoms with Crippen LogP contribution >= 0.6 is 11.8 Å². The van der Waals surface area contributed by atoms with Crippen molar-refractivity contribution in [1.29, 1.82) is 0 Å². The van der Waals surface area contributed by atoms with E-state index >= 15 is 0 Å². The van der Waals surface area contributed by atoms with Crippen LogP contribution in [0.5, 0.6) is 5.88 Å². The smallest absolute Gasteiger partial charge is 0.418 e. The largest absolute Gasteiger partial charge is 0.493 e. The van der Waals surface area contributed by atoms with E-state index in [0.29, 0.717) is 5.69 Å². The van der Waals surface area contributed by atoms with E-state index in [0.717, 1.165) is 18.0 Å². The normalized spacial score (nSPS) is 11.6. The molecule has 106 valence electrons. The Morgan fingerprint density at radius 3 is 2.70 bits per heavy atom. The van der Waals surface area contributed by atoms with Gasteiger partial charge in [-0.3, -0.25) is 4.98 Å². The molecule has 0 radical (unpaired) electrons. The molecule has 8 heteroatoms. The molecule has 0 fully saturated rings. The van der Waals surface area contributed by atoms with Crippen LogP contribution in [0.15, 0.2) is 29.7 Å². The molecule has 0 saturated carbocycles. The lowest BCUT2D eigenvalue weighted by Gasteiger charge is -2.11. The molecule has 20 heavy (non-hydrogen) atoms. The van der Waals surface area contributed by atoms with Gasteiger partial charge in [-0.1, -0.05) is 11.8 Å². The summed E-state index contributed by atoms with van der Waals surface area (Å²) < 4.78 is 38.3. The highest BCUT2D eigenvalue weighted by Crippen LogP contribution is 2.33. The molecule has 2 rings (SSSR count). The highest BCUT2D eigenvalue weighted by Gasteiger charge is 2.33. The zero-order valence-electron chi connectivity index (χ0n) is 10.3. The molecule has 2 aromatic heterocycles. The van der Waals surface area contributed by atoms with Gasteiger partial charge in [-0.25, -0.2) is 4.98 Å². The third-order valence-electron chi connectivity index (χ3n) is 2.39. The maximum Gasteiger partial charge on any atom is 0.418 e. The van der Waals surface area contributed by atoms with Gasteiger partial charge >= 0.3 is 6.18 Å². The van der Waals surface area contributed by atoms with E-state index in [1.165, 1.54) is 18.3 Å². The second-order valence-corrected chi connectivity index (χ2v) is 4.91. The summed E-state index contributed by atoms with van der Waals surface area (Å²) in [7, 11) is 0. The van der Waals surface area contributed by atoms with Crippen molar-refractivity contribution in [1.82, 2.24) is 15.0 Å². The summed E-state index contributed by atoms with van der Waals surface area (Å²) in [6.07, 6.45) is -2.34. The van der Waals surface area contributed by atoms with E-state index in [-0.39, 0.29) is 22.4 Å². The van der Waals surface area contributed by atoms with Gasteiger partial charge in [0.15, 0.2) is 5.16 Å². The second-order valence-electron chi connectivity index (χ2n) is 3.97. The van der Waals surface area contributed by atoms with Crippen LogP contribution < -0.4 is 0 Å². The van der Waals surface area contributed by atoms with Gasteiger partial charge in [0.1, 0.15) is 0 Å². The maximum atomic E-state index is 12.8. The first kappa shape index (κ1) is 14.6. The lowest BCUT2D eigenvalue weighted by Crippen LogP contribution is -2.09. The highest BCUT2D eigenvalue weighted by atomic mass is 32.2. The van der Waals surface area contributed by atoms with Crippen LogP contribution in [0.2, 0.25) is 0 Å². The van der Waals surface area contributed by atoms with Gasteiger partial charge in [0.2, 0.25) is 5.88 Å². The number of aromatic hydroxyl groups is 1. The Bertz CT molecular complexity index is 599. The number of alkyl halides is 3. The van der Waals surface area contributed by atoms with Crippen LogP contribution in [-0.2, 0) is 11.9 Å². The molecule has 0 bridgehead atoms. The number of thioether (sulfide) groups is 1. The Kier molecular flexibility index (Phi) is 4.12. The zero-order chi connectivity index (χ0) is 14.8. The minimum atomic E-state index is -4.44. The van der Waals surface area contributed by atoms with E-state index in [1.54, 1.807) is 6.92 Å². The fourth-order valence-corrected chi connectivity index (χ4v) is 2.44. The summed E-state index contributed by atoms with van der Waals surface area (Å²) in [6.45, 7) is 1.67. The van der Waals surface area contributed by atoms with Crippen molar-refractivity contribution in [3.63, 3.8) is 0 Å². The fourth-order valence-electron chi connectivity index (χ4n) is 1.54. The van der Waals surface area contributed by atoms with Crippen LogP contribution in [0.3, 0.4) is 0 Å². The Labute approximate surface area is 117 Å². The summed E-state index contributed by atoms with van der Waals surface area (Å²) in [5, 5.41) is 9.55. The number of aryl methyl sites for hydroxylation is 1. The minimum Gasteiger partial charge on any atom is -0.493 e. The van der Waals surface area contributed by atoms with E-state index < -0.39 is 11.7 Å². The van der Waals surface area contributed by atoms with E-state index in [2.05, 4.69) is 15.0 Å². The van der Waals surface area contributed by atoms with Crippen molar-refractivity contribution in [3.05, 3.63) is 41.3 Å². The first-order valence-electron chi connectivity index (χ1n) is 5.54. The number of pyridine rings is 1. The molecular formula is C12H10F3N3OS. The monoisotopic (exact) mass is 301 g/mol. The molecule has 0 atom stereocenters. The molecule has 0 amide bonds. The zero-order valence-corrected chi connectivity index (χ0v) is 11.2. The standard InChI is InChI=1S/C12H10F3N3OS/c1-7-4-10(19)18-11(17-7)20-6-8-2-3-16-5-9(8)12(13,14)15/h2-5H,6H2,1H3,(H,17,18,19). The molecule has 1 N–H and O–H groups in total. The predicted molar refractivity (Wildman–Crippen MR) is 67.2 cm³/mol. The summed E-state index contributed by atoms with van der Waals surface area (Å²) in [5.74, 6) is -0.161. The van der Waals surface area contributed by atoms with E-state index in [9.17, 15) is 18.3 Å². The summed E-state index contributed by atoms with van der Waals surface area (Å²) in [4.78, 5) is 11.3. The fraction of sp³-hybridized carbons (Fsp3) is 0.250. The number of hydrogen-bond donors (Lipinski definition) is 1. The number of aromatic nitrogens is 3. The topological polar surface area (TPSA) is 58.9 Å². The Hall–Kier alpha value is -1.83. The number of halogens is 3. The van der Waals surface area contributed by atoms with Gasteiger partial charge in [0, 0.05) is 29.9 Å². The van der Waals surface area contributed by atoms with E-state index in [4.69, 9.17) is 0 Å². The SMILES string of the molecule is Cc1cc(O)nc(SCc2ccncc2C(F)(F)F)n1. The lowest BCUT2D eigenvalue weighted by atomic mass is 10.1. The Balaban J connectivity index is 2.19. The molecule has 2 aromatic rings. The number of nitrogens with zero attached hydrogens (tertiary/aromatic N) is 3. The van der Waals surface area contributed by atoms with Crippen molar-refractivity contribution < 1.29 is 18.3 Å². The molecule has 0 unspecified atom stereocenters. The molecule has 2 heterocycles. The van der Waals surface area contributed by atoms with Gasteiger partial charge < -0.3 is 5.11 Å². The van der Waals surface area contributed by atoms with Gasteiger partial charge in [-0.15, -0.1) is 0 Å². The van der Waals surface area contributed by atoms with Crippen LogP contribution in [0.25, 0.3) is 0 Å². The molecule has 4 nitrogen and oxygen atoms in total. The first-order valence-corrected chi connectivity index (χ1v) is 6.52. The predicted octanol–water partition coefficient (Wildman–Crippen LogP) is 3.20. The Morgan fingerprint density at radius 1 is 1.30 bits per heavy atom. The Morgan fingerprint density at radius 2 is 2.05 bits per heavy atom. The van der Waals surface area contributed by atoms with E-state index in [1.807, 2.05) is 0 Å². The van der Waals surface area contributed by atoms with Crippen molar-refractivity contribution in [2.45, 2.75) is 24.0 Å². The molecule has 0 aliphatic heterocycles. The molecule has 0 spiro atoms. The lowest BCUT2D eigenvalue weighted by molar-refractivity contribution is -0.138. The van der Waals surface area contributed by atoms with Crippen LogP contribution in [-0.4, -0.2) is 20.1 Å². The van der Waals surface area contributed by atoms with Gasteiger partial charge in [0.25, 0.3) is 0 Å². The molecule has 0 aliphatic carbocycles. The van der Waals surface area contributed by atoms with Gasteiger partial charge in [-0.2, -0.15) is 18.2 Å². The first-order chi connectivity index (χ1) is 9.36. The summed E-state index contributed by atoms with van der Waals surface area (Å²) in [5.41, 5.74) is -0.128. The van der Waals surface area contributed by atoms with Gasteiger partial charge in [0.05, 0.1) is 5.56 Å². The summed E-state index contributed by atoms with van der Waals surface area (Å²) in [6, 6.07) is 2.68. The van der Waals surface area contributed by atoms with Crippen LogP contribution in [0.4, 0.5) is 13.2 Å². The molecule has 0 aromatic carbocycles. The molecular weight excluding hydrogens is 291 g/mol. The third kappa shape index (κ3) is 3.60. The van der Waals surface area contributed by atoms with Crippen LogP contribution in [0, 0.1) is 6.92 Å². The average molecular weight is 301 g/mol. The quantitative estimate of drug-likeness (QED) is 0.697. The van der Waals surface area contributed by atoms with Crippen molar-refractivity contribution in [3.8, 4) is 5.88 Å². The third-order valence-corrected chi connectivity index (χ3v) is 3.29. The average Bonchev–Trinajstić information content (AvgIpc) is 2.34. The number of rotatable bonds is 3.